The van der Waals surface area contributed by atoms with E-state index < -0.39 is 11.5 Å². The first-order valence-corrected chi connectivity index (χ1v) is 9.38. The largest absolute Gasteiger partial charge is 0.348 e. The van der Waals surface area contributed by atoms with Crippen molar-refractivity contribution in [3.63, 3.8) is 0 Å². The first-order valence-electron chi connectivity index (χ1n) is 9.38. The summed E-state index contributed by atoms with van der Waals surface area (Å²) < 4.78 is 13.0. The number of ketones is 1. The molecule has 4 rings (SSSR count). The maximum atomic E-state index is 13.0. The Morgan fingerprint density at radius 3 is 2.48 bits per heavy atom. The molecule has 1 aliphatic rings. The van der Waals surface area contributed by atoms with E-state index in [0.29, 0.717) is 29.7 Å². The van der Waals surface area contributed by atoms with Crippen molar-refractivity contribution < 1.29 is 14.0 Å². The summed E-state index contributed by atoms with van der Waals surface area (Å²) >= 11 is 0. The third kappa shape index (κ3) is 4.01. The number of aromatic amines is 1. The lowest BCUT2D eigenvalue weighted by atomic mass is 9.81. The molecule has 1 aromatic heterocycles. The molecule has 0 fully saturated rings. The van der Waals surface area contributed by atoms with Crippen LogP contribution in [-0.2, 0) is 13.0 Å². The molecule has 0 saturated heterocycles. The summed E-state index contributed by atoms with van der Waals surface area (Å²) in [4.78, 5) is 40.3. The van der Waals surface area contributed by atoms with Crippen molar-refractivity contribution in [3.8, 4) is 0 Å². The van der Waals surface area contributed by atoms with Gasteiger partial charge in [-0.25, -0.2) is 4.39 Å². The van der Waals surface area contributed by atoms with E-state index in [-0.39, 0.29) is 29.6 Å². The van der Waals surface area contributed by atoms with Gasteiger partial charge >= 0.3 is 0 Å². The Morgan fingerprint density at radius 1 is 1.03 bits per heavy atom. The standard InChI is InChI=1S/C23H19FN2O3/c24-17-8-6-14(7-9-17)13-25-22(28)19-12-18-20(26-23(19)29)10-16(11-21(18)27)15-4-2-1-3-5-15/h1-9,12,16H,10-11,13H2,(H,25,28)(H,26,29)/t16-/m1/s1. The Labute approximate surface area is 166 Å². The quantitative estimate of drug-likeness (QED) is 0.717. The minimum atomic E-state index is -0.573. The number of Topliss-reactive ketones (excluding diaryl/α,β-unsaturated/α-hetero) is 1. The molecule has 1 heterocycles. The Balaban J connectivity index is 1.54. The summed E-state index contributed by atoms with van der Waals surface area (Å²) in [6, 6.07) is 16.8. The number of benzene rings is 2. The maximum absolute atomic E-state index is 13.0. The molecular formula is C23H19FN2O3. The van der Waals surface area contributed by atoms with Gasteiger partial charge in [-0.1, -0.05) is 42.5 Å². The van der Waals surface area contributed by atoms with Crippen LogP contribution in [0.4, 0.5) is 4.39 Å². The zero-order chi connectivity index (χ0) is 20.4. The summed E-state index contributed by atoms with van der Waals surface area (Å²) in [7, 11) is 0. The summed E-state index contributed by atoms with van der Waals surface area (Å²) in [5.74, 6) is -1.02. The predicted octanol–water partition coefficient (Wildman–Crippen LogP) is 3.36. The highest BCUT2D eigenvalue weighted by Gasteiger charge is 2.28. The number of hydrogen-bond donors (Lipinski definition) is 2. The number of fused-ring (bicyclic) bond motifs is 1. The van der Waals surface area contributed by atoms with Gasteiger partial charge in [-0.05, 0) is 41.7 Å². The van der Waals surface area contributed by atoms with Gasteiger partial charge in [-0.2, -0.15) is 0 Å². The molecule has 0 radical (unpaired) electrons. The van der Waals surface area contributed by atoms with Crippen molar-refractivity contribution in [2.45, 2.75) is 25.3 Å². The van der Waals surface area contributed by atoms with Crippen LogP contribution in [0.2, 0.25) is 0 Å². The molecule has 1 aliphatic carbocycles. The molecular weight excluding hydrogens is 371 g/mol. The average molecular weight is 390 g/mol. The van der Waals surface area contributed by atoms with E-state index in [0.717, 1.165) is 5.56 Å². The predicted molar refractivity (Wildman–Crippen MR) is 106 cm³/mol. The number of aromatic nitrogens is 1. The van der Waals surface area contributed by atoms with E-state index in [9.17, 15) is 18.8 Å². The van der Waals surface area contributed by atoms with Gasteiger partial charge in [-0.3, -0.25) is 14.4 Å². The lowest BCUT2D eigenvalue weighted by Crippen LogP contribution is -2.32. The molecule has 0 unspecified atom stereocenters. The van der Waals surface area contributed by atoms with Crippen LogP contribution in [0.15, 0.2) is 65.5 Å². The van der Waals surface area contributed by atoms with E-state index in [1.165, 1.54) is 18.2 Å². The molecule has 6 heteroatoms. The Morgan fingerprint density at radius 2 is 1.76 bits per heavy atom. The van der Waals surface area contributed by atoms with Gasteiger partial charge < -0.3 is 10.3 Å². The lowest BCUT2D eigenvalue weighted by Gasteiger charge is -2.24. The van der Waals surface area contributed by atoms with E-state index in [4.69, 9.17) is 0 Å². The number of rotatable bonds is 4. The molecule has 0 aliphatic heterocycles. The fourth-order valence-corrected chi connectivity index (χ4v) is 3.64. The van der Waals surface area contributed by atoms with Crippen molar-refractivity contribution in [2.75, 3.05) is 0 Å². The molecule has 29 heavy (non-hydrogen) atoms. The van der Waals surface area contributed by atoms with Crippen LogP contribution in [-0.4, -0.2) is 16.7 Å². The van der Waals surface area contributed by atoms with Crippen molar-refractivity contribution in [1.82, 2.24) is 10.3 Å². The smallest absolute Gasteiger partial charge is 0.261 e. The SMILES string of the molecule is O=C1C[C@H](c2ccccc2)Cc2[nH]c(=O)c(C(=O)NCc3ccc(F)cc3)cc21. The molecule has 1 atom stereocenters. The molecule has 2 aromatic carbocycles. The molecule has 2 N–H and O–H groups in total. The highest BCUT2D eigenvalue weighted by Crippen LogP contribution is 2.31. The van der Waals surface area contributed by atoms with Crippen LogP contribution >= 0.6 is 0 Å². The van der Waals surface area contributed by atoms with E-state index in [1.807, 2.05) is 30.3 Å². The van der Waals surface area contributed by atoms with Crippen molar-refractivity contribution >= 4 is 11.7 Å². The number of amides is 1. The maximum Gasteiger partial charge on any atom is 0.261 e. The Hall–Kier alpha value is -3.54. The van der Waals surface area contributed by atoms with Crippen LogP contribution in [0.1, 0.15) is 49.9 Å². The van der Waals surface area contributed by atoms with Crippen LogP contribution in [0, 0.1) is 5.82 Å². The summed E-state index contributed by atoms with van der Waals surface area (Å²) in [6.45, 7) is 0.152. The number of carbonyl (C=O) groups excluding carboxylic acids is 2. The second kappa shape index (κ2) is 7.83. The molecule has 3 aromatic rings. The number of nitrogens with one attached hydrogen (secondary N) is 2. The van der Waals surface area contributed by atoms with Gasteiger partial charge in [0.1, 0.15) is 11.4 Å². The van der Waals surface area contributed by atoms with Crippen LogP contribution in [0.5, 0.6) is 0 Å². The highest BCUT2D eigenvalue weighted by molar-refractivity contribution is 6.02. The van der Waals surface area contributed by atoms with Crippen LogP contribution in [0.3, 0.4) is 0 Å². The van der Waals surface area contributed by atoms with Gasteiger partial charge in [0, 0.05) is 24.2 Å². The Bertz CT molecular complexity index is 1120. The average Bonchev–Trinajstić information content (AvgIpc) is 2.73. The van der Waals surface area contributed by atoms with Crippen molar-refractivity contribution in [3.05, 3.63) is 105 Å². The van der Waals surface area contributed by atoms with E-state index in [2.05, 4.69) is 10.3 Å². The minimum Gasteiger partial charge on any atom is -0.348 e. The van der Waals surface area contributed by atoms with E-state index >= 15 is 0 Å². The molecule has 0 saturated carbocycles. The highest BCUT2D eigenvalue weighted by atomic mass is 19.1. The fourth-order valence-electron chi connectivity index (χ4n) is 3.64. The summed E-state index contributed by atoms with van der Waals surface area (Å²) in [5, 5.41) is 2.64. The fraction of sp³-hybridized carbons (Fsp3) is 0.174. The monoisotopic (exact) mass is 390 g/mol. The summed E-state index contributed by atoms with van der Waals surface area (Å²) in [5.41, 5.74) is 2.09. The Kier molecular flexibility index (Phi) is 5.08. The normalized spacial score (nSPS) is 15.6. The number of hydrogen-bond acceptors (Lipinski definition) is 3. The second-order valence-electron chi connectivity index (χ2n) is 7.15. The third-order valence-electron chi connectivity index (χ3n) is 5.19. The third-order valence-corrected chi connectivity index (χ3v) is 5.19. The molecule has 1 amide bonds. The van der Waals surface area contributed by atoms with Crippen LogP contribution in [0.25, 0.3) is 0 Å². The topological polar surface area (TPSA) is 79.0 Å². The first-order chi connectivity index (χ1) is 14.0. The van der Waals surface area contributed by atoms with Gasteiger partial charge in [0.05, 0.1) is 0 Å². The zero-order valence-electron chi connectivity index (χ0n) is 15.6. The lowest BCUT2D eigenvalue weighted by molar-refractivity contribution is 0.0949. The van der Waals surface area contributed by atoms with Crippen molar-refractivity contribution in [1.29, 1.82) is 0 Å². The second-order valence-corrected chi connectivity index (χ2v) is 7.15. The zero-order valence-corrected chi connectivity index (χ0v) is 15.6. The van der Waals surface area contributed by atoms with Gasteiger partial charge in [-0.15, -0.1) is 0 Å². The van der Waals surface area contributed by atoms with Crippen LogP contribution < -0.4 is 10.9 Å². The van der Waals surface area contributed by atoms with Gasteiger partial charge in [0.15, 0.2) is 5.78 Å². The minimum absolute atomic E-state index is 0.00463. The van der Waals surface area contributed by atoms with Gasteiger partial charge in [0.25, 0.3) is 11.5 Å². The van der Waals surface area contributed by atoms with Crippen molar-refractivity contribution in [2.24, 2.45) is 0 Å². The molecule has 5 nitrogen and oxygen atoms in total. The number of pyridine rings is 1. The first kappa shape index (κ1) is 18.8. The number of halogens is 1. The number of carbonyl (C=O) groups is 2. The van der Waals surface area contributed by atoms with Gasteiger partial charge in [0.2, 0.25) is 0 Å². The summed E-state index contributed by atoms with van der Waals surface area (Å²) in [6.07, 6.45) is 0.873. The number of H-pyrrole nitrogens is 1. The van der Waals surface area contributed by atoms with E-state index in [1.54, 1.807) is 12.1 Å². The molecule has 146 valence electrons. The molecule has 0 spiro atoms. The molecule has 0 bridgehead atoms.